The van der Waals surface area contributed by atoms with E-state index in [2.05, 4.69) is 11.0 Å². The SMILES string of the molecule is Cc1cc(-c2ccc3cc(N(C)C)ccc3c2)oc(=O)c1C#N. The summed E-state index contributed by atoms with van der Waals surface area (Å²) in [5.74, 6) is 0.477. The fourth-order valence-corrected chi connectivity index (χ4v) is 2.55. The first kappa shape index (κ1) is 14.9. The van der Waals surface area contributed by atoms with Crippen LogP contribution in [-0.4, -0.2) is 14.1 Å². The van der Waals surface area contributed by atoms with Crippen molar-refractivity contribution >= 4 is 16.5 Å². The Balaban J connectivity index is 2.13. The Morgan fingerprint density at radius 2 is 1.74 bits per heavy atom. The minimum atomic E-state index is -0.592. The van der Waals surface area contributed by atoms with Crippen LogP contribution >= 0.6 is 0 Å². The van der Waals surface area contributed by atoms with Crippen molar-refractivity contribution in [2.75, 3.05) is 19.0 Å². The molecule has 1 aromatic heterocycles. The van der Waals surface area contributed by atoms with Gasteiger partial charge in [0.1, 0.15) is 17.4 Å². The maximum atomic E-state index is 11.9. The van der Waals surface area contributed by atoms with Crippen molar-refractivity contribution in [2.24, 2.45) is 0 Å². The third-order valence-corrected chi connectivity index (χ3v) is 3.89. The Labute approximate surface area is 134 Å². The van der Waals surface area contributed by atoms with E-state index in [4.69, 9.17) is 9.68 Å². The average Bonchev–Trinajstić information content (AvgIpc) is 2.53. The van der Waals surface area contributed by atoms with Crippen LogP contribution in [0, 0.1) is 18.3 Å². The highest BCUT2D eigenvalue weighted by Gasteiger charge is 2.10. The lowest BCUT2D eigenvalue weighted by Crippen LogP contribution is -2.08. The van der Waals surface area contributed by atoms with Crippen LogP contribution in [0.1, 0.15) is 11.1 Å². The molecule has 23 heavy (non-hydrogen) atoms. The number of benzene rings is 2. The molecule has 0 saturated heterocycles. The summed E-state index contributed by atoms with van der Waals surface area (Å²) in [4.78, 5) is 13.9. The summed E-state index contributed by atoms with van der Waals surface area (Å²) in [6.07, 6.45) is 0. The second-order valence-corrected chi connectivity index (χ2v) is 5.71. The molecule has 0 aliphatic heterocycles. The van der Waals surface area contributed by atoms with Gasteiger partial charge in [-0.3, -0.25) is 0 Å². The summed E-state index contributed by atoms with van der Waals surface area (Å²) in [5.41, 5.74) is 2.04. The summed E-state index contributed by atoms with van der Waals surface area (Å²) >= 11 is 0. The Bertz CT molecular complexity index is 994. The predicted molar refractivity (Wildman–Crippen MR) is 91.7 cm³/mol. The molecule has 0 saturated carbocycles. The molecule has 114 valence electrons. The number of hydrogen-bond donors (Lipinski definition) is 0. The van der Waals surface area contributed by atoms with Crippen molar-refractivity contribution in [3.63, 3.8) is 0 Å². The second-order valence-electron chi connectivity index (χ2n) is 5.71. The van der Waals surface area contributed by atoms with Crippen molar-refractivity contribution in [3.8, 4) is 17.4 Å². The molecule has 4 heteroatoms. The summed E-state index contributed by atoms with van der Waals surface area (Å²) in [6, 6.07) is 15.7. The number of hydrogen-bond acceptors (Lipinski definition) is 4. The van der Waals surface area contributed by atoms with Gasteiger partial charge in [-0.1, -0.05) is 18.2 Å². The highest BCUT2D eigenvalue weighted by atomic mass is 16.4. The van der Waals surface area contributed by atoms with Gasteiger partial charge in [-0.15, -0.1) is 0 Å². The van der Waals surface area contributed by atoms with Crippen molar-refractivity contribution in [3.05, 3.63) is 64.0 Å². The molecule has 0 spiro atoms. The van der Waals surface area contributed by atoms with Gasteiger partial charge in [0.2, 0.25) is 0 Å². The fourth-order valence-electron chi connectivity index (χ4n) is 2.55. The number of rotatable bonds is 2. The van der Waals surface area contributed by atoms with Gasteiger partial charge in [0.25, 0.3) is 0 Å². The van der Waals surface area contributed by atoms with Gasteiger partial charge in [-0.25, -0.2) is 4.79 Å². The van der Waals surface area contributed by atoms with Crippen LogP contribution in [-0.2, 0) is 0 Å². The Morgan fingerprint density at radius 1 is 1.04 bits per heavy atom. The Kier molecular flexibility index (Phi) is 3.63. The van der Waals surface area contributed by atoms with Gasteiger partial charge in [0.05, 0.1) is 0 Å². The molecule has 0 aliphatic carbocycles. The highest BCUT2D eigenvalue weighted by Crippen LogP contribution is 2.27. The minimum absolute atomic E-state index is 0.0603. The van der Waals surface area contributed by atoms with Gasteiger partial charge < -0.3 is 9.32 Å². The van der Waals surface area contributed by atoms with E-state index < -0.39 is 5.63 Å². The van der Waals surface area contributed by atoms with Crippen molar-refractivity contribution < 1.29 is 4.42 Å². The topological polar surface area (TPSA) is 57.2 Å². The Morgan fingerprint density at radius 3 is 2.39 bits per heavy atom. The number of aryl methyl sites for hydroxylation is 1. The van der Waals surface area contributed by atoms with Crippen molar-refractivity contribution in [2.45, 2.75) is 6.92 Å². The minimum Gasteiger partial charge on any atom is -0.422 e. The standard InChI is InChI=1S/C19H16N2O2/c1-12-8-18(23-19(22)17(12)11-20)15-5-4-14-10-16(21(2)3)7-6-13(14)9-15/h4-10H,1-3H3. The molecule has 0 radical (unpaired) electrons. The second kappa shape index (κ2) is 5.62. The largest absolute Gasteiger partial charge is 0.422 e. The molecule has 0 fully saturated rings. The zero-order valence-electron chi connectivity index (χ0n) is 13.3. The smallest absolute Gasteiger partial charge is 0.354 e. The average molecular weight is 304 g/mol. The van der Waals surface area contributed by atoms with E-state index in [1.165, 1.54) is 0 Å². The molecular formula is C19H16N2O2. The first-order chi connectivity index (χ1) is 11.0. The monoisotopic (exact) mass is 304 g/mol. The number of nitrogens with zero attached hydrogens (tertiary/aromatic N) is 2. The molecular weight excluding hydrogens is 288 g/mol. The van der Waals surface area contributed by atoms with Gasteiger partial charge >= 0.3 is 5.63 Å². The lowest BCUT2D eigenvalue weighted by Gasteiger charge is -2.13. The molecule has 0 bridgehead atoms. The molecule has 0 amide bonds. The van der Waals surface area contributed by atoms with Crippen molar-refractivity contribution in [1.29, 1.82) is 5.26 Å². The first-order valence-corrected chi connectivity index (χ1v) is 7.26. The normalized spacial score (nSPS) is 10.5. The number of fused-ring (bicyclic) bond motifs is 1. The van der Waals surface area contributed by atoms with Gasteiger partial charge in [-0.2, -0.15) is 5.26 Å². The van der Waals surface area contributed by atoms with Gasteiger partial charge in [-0.05, 0) is 47.5 Å². The number of nitriles is 1. The van der Waals surface area contributed by atoms with Crippen LogP contribution in [0.4, 0.5) is 5.69 Å². The fraction of sp³-hybridized carbons (Fsp3) is 0.158. The predicted octanol–water partition coefficient (Wildman–Crippen LogP) is 3.71. The maximum absolute atomic E-state index is 11.9. The summed E-state index contributed by atoms with van der Waals surface area (Å²) in [7, 11) is 4.01. The summed E-state index contributed by atoms with van der Waals surface area (Å²) < 4.78 is 5.29. The van der Waals surface area contributed by atoms with E-state index in [0.717, 1.165) is 22.0 Å². The van der Waals surface area contributed by atoms with Gasteiger partial charge in [0.15, 0.2) is 0 Å². The van der Waals surface area contributed by atoms with Crippen LogP contribution in [0.25, 0.3) is 22.1 Å². The van der Waals surface area contributed by atoms with Crippen LogP contribution < -0.4 is 10.5 Å². The number of anilines is 1. The van der Waals surface area contributed by atoms with E-state index >= 15 is 0 Å². The zero-order valence-corrected chi connectivity index (χ0v) is 13.3. The molecule has 0 aliphatic rings. The molecule has 1 heterocycles. The summed E-state index contributed by atoms with van der Waals surface area (Å²) in [6.45, 7) is 1.74. The molecule has 0 unspecified atom stereocenters. The van der Waals surface area contributed by atoms with E-state index in [1.54, 1.807) is 13.0 Å². The van der Waals surface area contributed by atoms with E-state index in [9.17, 15) is 4.79 Å². The van der Waals surface area contributed by atoms with E-state index in [1.807, 2.05) is 50.5 Å². The van der Waals surface area contributed by atoms with Crippen LogP contribution in [0.2, 0.25) is 0 Å². The summed E-state index contributed by atoms with van der Waals surface area (Å²) in [5, 5.41) is 11.1. The molecule has 4 nitrogen and oxygen atoms in total. The molecule has 0 atom stereocenters. The van der Waals surface area contributed by atoms with E-state index in [0.29, 0.717) is 11.3 Å². The highest BCUT2D eigenvalue weighted by molar-refractivity contribution is 5.89. The lowest BCUT2D eigenvalue weighted by atomic mass is 10.0. The molecule has 3 rings (SSSR count). The van der Waals surface area contributed by atoms with Crippen LogP contribution in [0.5, 0.6) is 0 Å². The van der Waals surface area contributed by atoms with Crippen LogP contribution in [0.3, 0.4) is 0 Å². The van der Waals surface area contributed by atoms with Crippen LogP contribution in [0.15, 0.2) is 51.7 Å². The van der Waals surface area contributed by atoms with Gasteiger partial charge in [0, 0.05) is 25.3 Å². The maximum Gasteiger partial charge on any atom is 0.354 e. The third kappa shape index (κ3) is 2.69. The van der Waals surface area contributed by atoms with E-state index in [-0.39, 0.29) is 5.56 Å². The third-order valence-electron chi connectivity index (χ3n) is 3.89. The molecule has 3 aromatic rings. The first-order valence-electron chi connectivity index (χ1n) is 7.26. The molecule has 2 aromatic carbocycles. The quantitative estimate of drug-likeness (QED) is 0.724. The van der Waals surface area contributed by atoms with Crippen molar-refractivity contribution in [1.82, 2.24) is 0 Å². The molecule has 0 N–H and O–H groups in total. The lowest BCUT2D eigenvalue weighted by molar-refractivity contribution is 0.522. The Hall–Kier alpha value is -3.06. The zero-order chi connectivity index (χ0) is 16.6.